The van der Waals surface area contributed by atoms with Crippen molar-refractivity contribution in [3.05, 3.63) is 99.6 Å². The van der Waals surface area contributed by atoms with Crippen molar-refractivity contribution in [2.24, 2.45) is 0 Å². The molecule has 2 N–H and O–H groups in total. The molecule has 5 nitrogen and oxygen atoms in total. The Morgan fingerprint density at radius 2 is 1.68 bits per heavy atom. The van der Waals surface area contributed by atoms with E-state index in [1.807, 2.05) is 13.8 Å². The molecular formula is C30H31F2NO4. The molecule has 1 aliphatic rings. The van der Waals surface area contributed by atoms with Crippen molar-refractivity contribution in [2.75, 3.05) is 0 Å². The largest absolute Gasteiger partial charge is 0.486 e. The van der Waals surface area contributed by atoms with Crippen LogP contribution in [-0.4, -0.2) is 17.0 Å². The fraction of sp³-hybridized carbons (Fsp3) is 0.333. The summed E-state index contributed by atoms with van der Waals surface area (Å²) in [5, 5.41) is 12.5. The molecule has 3 aromatic carbocycles. The predicted molar refractivity (Wildman–Crippen MR) is 137 cm³/mol. The maximum atomic E-state index is 14.0. The number of aryl methyl sites for hydroxylation is 3. The van der Waals surface area contributed by atoms with Gasteiger partial charge >= 0.3 is 5.97 Å². The quantitative estimate of drug-likeness (QED) is 0.353. The van der Waals surface area contributed by atoms with Crippen molar-refractivity contribution in [3.63, 3.8) is 0 Å². The van der Waals surface area contributed by atoms with Crippen molar-refractivity contribution in [3.8, 4) is 5.75 Å². The number of ether oxygens (including phenoxy) is 1. The second-order valence-electron chi connectivity index (χ2n) is 9.87. The summed E-state index contributed by atoms with van der Waals surface area (Å²) < 4.78 is 33.0. The van der Waals surface area contributed by atoms with Crippen molar-refractivity contribution in [1.82, 2.24) is 5.32 Å². The third-order valence-electron chi connectivity index (χ3n) is 6.90. The molecule has 194 valence electrons. The van der Waals surface area contributed by atoms with Crippen LogP contribution in [0.25, 0.3) is 0 Å². The lowest BCUT2D eigenvalue weighted by atomic mass is 9.85. The van der Waals surface area contributed by atoms with Gasteiger partial charge < -0.3 is 15.2 Å². The minimum atomic E-state index is -0.956. The van der Waals surface area contributed by atoms with Crippen LogP contribution in [0.2, 0.25) is 0 Å². The molecule has 0 unspecified atom stereocenters. The number of nitrogens with one attached hydrogen (secondary N) is 1. The first-order valence-electron chi connectivity index (χ1n) is 12.5. The van der Waals surface area contributed by atoms with E-state index >= 15 is 0 Å². The van der Waals surface area contributed by atoms with Gasteiger partial charge in [0.1, 0.15) is 12.4 Å². The van der Waals surface area contributed by atoms with Crippen molar-refractivity contribution in [1.29, 1.82) is 0 Å². The van der Waals surface area contributed by atoms with E-state index in [1.54, 1.807) is 18.2 Å². The van der Waals surface area contributed by atoms with E-state index in [0.717, 1.165) is 60.6 Å². The molecule has 0 aromatic heterocycles. The standard InChI is InChI=1S/C30H31F2NO4/c1-19-13-20(2)15-23(14-19)30(11-3-4-12-30)33-29(36)25-16-21(5-6-22(25)7-10-28(34)35)18-37-27-17-24(31)8-9-26(27)32/h5-6,8-9,13-17H,3-4,7,10-12,18H2,1-2H3,(H,33,36)(H,34,35). The molecule has 0 heterocycles. The van der Waals surface area contributed by atoms with Crippen LogP contribution < -0.4 is 10.1 Å². The maximum absolute atomic E-state index is 14.0. The maximum Gasteiger partial charge on any atom is 0.303 e. The SMILES string of the molecule is Cc1cc(C)cc(C2(NC(=O)c3cc(COc4cc(F)ccc4F)ccc3CCC(=O)O)CCCC2)c1. The van der Waals surface area contributed by atoms with E-state index in [1.165, 1.54) is 0 Å². The van der Waals surface area contributed by atoms with Crippen molar-refractivity contribution >= 4 is 11.9 Å². The molecule has 7 heteroatoms. The van der Waals surface area contributed by atoms with Gasteiger partial charge in [-0.05, 0) is 68.0 Å². The van der Waals surface area contributed by atoms with E-state index in [-0.39, 0.29) is 31.1 Å². The summed E-state index contributed by atoms with van der Waals surface area (Å²) >= 11 is 0. The Kier molecular flexibility index (Phi) is 7.91. The lowest BCUT2D eigenvalue weighted by molar-refractivity contribution is -0.136. The molecule has 0 saturated heterocycles. The van der Waals surface area contributed by atoms with Crippen LogP contribution in [0.1, 0.15) is 70.3 Å². The second-order valence-corrected chi connectivity index (χ2v) is 9.87. The Bertz CT molecular complexity index is 1290. The lowest BCUT2D eigenvalue weighted by Gasteiger charge is -2.32. The molecule has 1 aliphatic carbocycles. The highest BCUT2D eigenvalue weighted by atomic mass is 19.1. The van der Waals surface area contributed by atoms with E-state index in [4.69, 9.17) is 4.74 Å². The van der Waals surface area contributed by atoms with Gasteiger partial charge in [-0.2, -0.15) is 0 Å². The number of rotatable bonds is 9. The molecule has 0 radical (unpaired) electrons. The van der Waals surface area contributed by atoms with Gasteiger partial charge in [0.25, 0.3) is 5.91 Å². The monoisotopic (exact) mass is 507 g/mol. The van der Waals surface area contributed by atoms with Gasteiger partial charge in [-0.1, -0.05) is 54.3 Å². The van der Waals surface area contributed by atoms with E-state index in [0.29, 0.717) is 16.7 Å². The molecule has 1 amide bonds. The number of amides is 1. The number of hydrogen-bond donors (Lipinski definition) is 2. The summed E-state index contributed by atoms with van der Waals surface area (Å²) in [4.78, 5) is 25.0. The van der Waals surface area contributed by atoms with Gasteiger partial charge in [0.15, 0.2) is 11.6 Å². The Labute approximate surface area is 215 Å². The van der Waals surface area contributed by atoms with Gasteiger partial charge in [-0.25, -0.2) is 8.78 Å². The molecule has 0 aliphatic heterocycles. The number of benzene rings is 3. The number of carbonyl (C=O) groups is 2. The smallest absolute Gasteiger partial charge is 0.303 e. The zero-order valence-electron chi connectivity index (χ0n) is 21.1. The zero-order chi connectivity index (χ0) is 26.6. The Balaban J connectivity index is 1.63. The third-order valence-corrected chi connectivity index (χ3v) is 6.90. The number of halogens is 2. The predicted octanol–water partition coefficient (Wildman–Crippen LogP) is 6.38. The Morgan fingerprint density at radius 1 is 0.973 bits per heavy atom. The molecular weight excluding hydrogens is 476 g/mol. The minimum Gasteiger partial charge on any atom is -0.486 e. The van der Waals surface area contributed by atoms with Crippen molar-refractivity contribution in [2.45, 2.75) is 64.5 Å². The second kappa shape index (κ2) is 11.1. The first kappa shape index (κ1) is 26.3. The van der Waals surface area contributed by atoms with Gasteiger partial charge in [-0.3, -0.25) is 9.59 Å². The highest BCUT2D eigenvalue weighted by Crippen LogP contribution is 2.40. The van der Waals surface area contributed by atoms with E-state index in [9.17, 15) is 23.5 Å². The van der Waals surface area contributed by atoms with Crippen molar-refractivity contribution < 1.29 is 28.2 Å². The highest BCUT2D eigenvalue weighted by molar-refractivity contribution is 5.96. The topological polar surface area (TPSA) is 75.6 Å². The van der Waals surface area contributed by atoms with Gasteiger partial charge in [0.2, 0.25) is 0 Å². The van der Waals surface area contributed by atoms with Crippen LogP contribution in [0.3, 0.4) is 0 Å². The molecule has 3 aromatic rings. The summed E-state index contributed by atoms with van der Waals surface area (Å²) in [5.74, 6) is -2.77. The van der Waals surface area contributed by atoms with E-state index in [2.05, 4.69) is 23.5 Å². The Morgan fingerprint density at radius 3 is 2.35 bits per heavy atom. The molecule has 0 atom stereocenters. The molecule has 1 fully saturated rings. The average Bonchev–Trinajstić information content (AvgIpc) is 3.32. The first-order chi connectivity index (χ1) is 17.6. The van der Waals surface area contributed by atoms with Crippen LogP contribution in [0, 0.1) is 25.5 Å². The molecule has 37 heavy (non-hydrogen) atoms. The summed E-state index contributed by atoms with van der Waals surface area (Å²) in [7, 11) is 0. The number of carboxylic acids is 1. The Hall–Kier alpha value is -3.74. The molecule has 0 spiro atoms. The summed E-state index contributed by atoms with van der Waals surface area (Å²) in [5.41, 5.74) is 4.37. The van der Waals surface area contributed by atoms with E-state index < -0.39 is 23.1 Å². The number of hydrogen-bond acceptors (Lipinski definition) is 3. The van der Waals surface area contributed by atoms with Crippen LogP contribution in [0.5, 0.6) is 5.75 Å². The highest BCUT2D eigenvalue weighted by Gasteiger charge is 2.38. The first-order valence-corrected chi connectivity index (χ1v) is 12.5. The fourth-order valence-electron chi connectivity index (χ4n) is 5.13. The zero-order valence-corrected chi connectivity index (χ0v) is 21.1. The normalized spacial score (nSPS) is 14.4. The van der Waals surface area contributed by atoms with Gasteiger partial charge in [-0.15, -0.1) is 0 Å². The average molecular weight is 508 g/mol. The molecule has 1 saturated carbocycles. The van der Waals surface area contributed by atoms with Crippen LogP contribution >= 0.6 is 0 Å². The van der Waals surface area contributed by atoms with Gasteiger partial charge in [0.05, 0.1) is 5.54 Å². The summed E-state index contributed by atoms with van der Waals surface area (Å²) in [6.07, 6.45) is 3.68. The summed E-state index contributed by atoms with van der Waals surface area (Å²) in [6.45, 7) is 3.99. The van der Waals surface area contributed by atoms with Gasteiger partial charge in [0, 0.05) is 18.1 Å². The number of carboxylic acid groups (broad SMARTS) is 1. The molecule has 0 bridgehead atoms. The summed E-state index contributed by atoms with van der Waals surface area (Å²) in [6, 6.07) is 14.4. The third kappa shape index (κ3) is 6.34. The van der Waals surface area contributed by atoms with Crippen LogP contribution in [0.4, 0.5) is 8.78 Å². The lowest BCUT2D eigenvalue weighted by Crippen LogP contribution is -2.44. The van der Waals surface area contributed by atoms with Crippen LogP contribution in [0.15, 0.2) is 54.6 Å². The minimum absolute atomic E-state index is 0.0813. The number of carbonyl (C=O) groups excluding carboxylic acids is 1. The number of aliphatic carboxylic acids is 1. The molecule has 4 rings (SSSR count). The van der Waals surface area contributed by atoms with Crippen LogP contribution in [-0.2, 0) is 23.4 Å². The fourth-order valence-corrected chi connectivity index (χ4v) is 5.13.